The van der Waals surface area contributed by atoms with Gasteiger partial charge in [-0.15, -0.1) is 11.3 Å². The predicted octanol–water partition coefficient (Wildman–Crippen LogP) is 4.48. The van der Waals surface area contributed by atoms with Crippen LogP contribution in [0.4, 0.5) is 0 Å². The minimum atomic E-state index is 0.0818. The van der Waals surface area contributed by atoms with E-state index in [-0.39, 0.29) is 12.7 Å². The van der Waals surface area contributed by atoms with Gasteiger partial charge in [-0.1, -0.05) is 18.2 Å². The number of aromatic nitrogens is 1. The number of benzene rings is 2. The van der Waals surface area contributed by atoms with E-state index in [4.69, 9.17) is 9.47 Å². The first-order valence-corrected chi connectivity index (χ1v) is 10.3. The van der Waals surface area contributed by atoms with Crippen LogP contribution in [0.25, 0.3) is 10.6 Å². The van der Waals surface area contributed by atoms with E-state index < -0.39 is 0 Å². The second-order valence-electron chi connectivity index (χ2n) is 7.22. The molecule has 1 amide bonds. The molecule has 0 saturated carbocycles. The van der Waals surface area contributed by atoms with E-state index in [1.165, 1.54) is 5.56 Å². The SMILES string of the molecule is Cc1csc(-c2cccc(C(=O)N3CCC(c4ccc5c(c4)OCO5)C3)c2)n1. The van der Waals surface area contributed by atoms with Gasteiger partial charge in [0.1, 0.15) is 5.01 Å². The third kappa shape index (κ3) is 3.14. The normalized spacial score (nSPS) is 17.9. The molecule has 1 unspecified atom stereocenters. The zero-order valence-corrected chi connectivity index (χ0v) is 16.4. The molecule has 2 aromatic carbocycles. The van der Waals surface area contributed by atoms with Gasteiger partial charge in [-0.05, 0) is 43.2 Å². The molecule has 0 radical (unpaired) electrons. The predicted molar refractivity (Wildman–Crippen MR) is 108 cm³/mol. The molecule has 3 heterocycles. The minimum Gasteiger partial charge on any atom is -0.454 e. The lowest BCUT2D eigenvalue weighted by atomic mass is 9.98. The molecule has 0 bridgehead atoms. The van der Waals surface area contributed by atoms with E-state index in [9.17, 15) is 4.79 Å². The average Bonchev–Trinajstić information content (AvgIpc) is 3.47. The maximum Gasteiger partial charge on any atom is 0.253 e. The zero-order chi connectivity index (χ0) is 19.1. The van der Waals surface area contributed by atoms with Gasteiger partial charge in [0.2, 0.25) is 6.79 Å². The number of nitrogens with zero attached hydrogens (tertiary/aromatic N) is 2. The molecule has 5 rings (SSSR count). The number of fused-ring (bicyclic) bond motifs is 1. The summed E-state index contributed by atoms with van der Waals surface area (Å²) < 4.78 is 10.9. The number of rotatable bonds is 3. The molecule has 0 aliphatic carbocycles. The van der Waals surface area contributed by atoms with Crippen LogP contribution in [0.5, 0.6) is 11.5 Å². The Hall–Kier alpha value is -2.86. The fraction of sp³-hybridized carbons (Fsp3) is 0.273. The molecule has 0 spiro atoms. The third-order valence-corrected chi connectivity index (χ3v) is 6.33. The molecule has 0 N–H and O–H groups in total. The summed E-state index contributed by atoms with van der Waals surface area (Å²) in [5.41, 5.74) is 3.92. The number of carbonyl (C=O) groups excluding carboxylic acids is 1. The summed E-state index contributed by atoms with van der Waals surface area (Å²) >= 11 is 1.60. The molecule has 1 fully saturated rings. The quantitative estimate of drug-likeness (QED) is 0.660. The highest BCUT2D eigenvalue weighted by Gasteiger charge is 2.29. The largest absolute Gasteiger partial charge is 0.454 e. The highest BCUT2D eigenvalue weighted by molar-refractivity contribution is 7.13. The van der Waals surface area contributed by atoms with Gasteiger partial charge in [-0.2, -0.15) is 0 Å². The molecule has 1 atom stereocenters. The topological polar surface area (TPSA) is 51.7 Å². The summed E-state index contributed by atoms with van der Waals surface area (Å²) in [4.78, 5) is 19.5. The van der Waals surface area contributed by atoms with Crippen molar-refractivity contribution in [1.82, 2.24) is 9.88 Å². The summed E-state index contributed by atoms with van der Waals surface area (Å²) in [5, 5.41) is 2.98. The maximum atomic E-state index is 13.1. The van der Waals surface area contributed by atoms with Crippen molar-refractivity contribution in [2.75, 3.05) is 19.9 Å². The molecule has 6 heteroatoms. The van der Waals surface area contributed by atoms with Crippen LogP contribution in [-0.4, -0.2) is 35.7 Å². The summed E-state index contributed by atoms with van der Waals surface area (Å²) in [6.07, 6.45) is 0.955. The molecule has 5 nitrogen and oxygen atoms in total. The molecule has 1 saturated heterocycles. The Bertz CT molecular complexity index is 1050. The summed E-state index contributed by atoms with van der Waals surface area (Å²) in [6, 6.07) is 13.9. The lowest BCUT2D eigenvalue weighted by Gasteiger charge is -2.17. The van der Waals surface area contributed by atoms with E-state index in [1.807, 2.05) is 53.6 Å². The van der Waals surface area contributed by atoms with Gasteiger partial charge in [-0.25, -0.2) is 4.98 Å². The second kappa shape index (κ2) is 6.95. The first-order chi connectivity index (χ1) is 13.7. The summed E-state index contributed by atoms with van der Waals surface area (Å²) in [5.74, 6) is 2.00. The van der Waals surface area contributed by atoms with E-state index in [1.54, 1.807) is 11.3 Å². The molecular weight excluding hydrogens is 372 g/mol. The van der Waals surface area contributed by atoms with Crippen LogP contribution >= 0.6 is 11.3 Å². The van der Waals surface area contributed by atoms with Crippen LogP contribution in [0.3, 0.4) is 0 Å². The molecular formula is C22H20N2O3S. The van der Waals surface area contributed by atoms with Crippen molar-refractivity contribution in [3.05, 3.63) is 64.7 Å². The van der Waals surface area contributed by atoms with Crippen molar-refractivity contribution in [2.45, 2.75) is 19.3 Å². The average molecular weight is 392 g/mol. The van der Waals surface area contributed by atoms with Crippen LogP contribution in [0, 0.1) is 6.92 Å². The molecule has 142 valence electrons. The molecule has 28 heavy (non-hydrogen) atoms. The van der Waals surface area contributed by atoms with Crippen molar-refractivity contribution in [1.29, 1.82) is 0 Å². The first kappa shape index (κ1) is 17.3. The van der Waals surface area contributed by atoms with Crippen molar-refractivity contribution < 1.29 is 14.3 Å². The third-order valence-electron chi connectivity index (χ3n) is 5.32. The molecule has 2 aliphatic heterocycles. The fourth-order valence-electron chi connectivity index (χ4n) is 3.84. The van der Waals surface area contributed by atoms with Crippen LogP contribution in [0.15, 0.2) is 47.8 Å². The monoisotopic (exact) mass is 392 g/mol. The van der Waals surface area contributed by atoms with Crippen LogP contribution in [0.2, 0.25) is 0 Å². The molecule has 2 aliphatic rings. The Morgan fingerprint density at radius 1 is 1.18 bits per heavy atom. The van der Waals surface area contributed by atoms with Crippen molar-refractivity contribution in [3.8, 4) is 22.1 Å². The van der Waals surface area contributed by atoms with Gasteiger partial charge in [-0.3, -0.25) is 4.79 Å². The standard InChI is InChI=1S/C22H20N2O3S/c1-14-12-28-21(23-14)16-3-2-4-17(9-16)22(25)24-8-7-18(11-24)15-5-6-19-20(10-15)27-13-26-19/h2-6,9-10,12,18H,7-8,11,13H2,1H3. The number of carbonyl (C=O) groups is 1. The number of hydrogen-bond donors (Lipinski definition) is 0. The number of aryl methyl sites for hydroxylation is 1. The summed E-state index contributed by atoms with van der Waals surface area (Å²) in [6.45, 7) is 3.75. The number of amides is 1. The first-order valence-electron chi connectivity index (χ1n) is 9.39. The minimum absolute atomic E-state index is 0.0818. The molecule has 3 aromatic rings. The highest BCUT2D eigenvalue weighted by Crippen LogP contribution is 2.37. The maximum absolute atomic E-state index is 13.1. The van der Waals surface area contributed by atoms with E-state index in [2.05, 4.69) is 11.1 Å². The highest BCUT2D eigenvalue weighted by atomic mass is 32.1. The second-order valence-corrected chi connectivity index (χ2v) is 8.08. The van der Waals surface area contributed by atoms with E-state index in [0.717, 1.165) is 52.8 Å². The Labute approximate surface area is 167 Å². The van der Waals surface area contributed by atoms with Crippen LogP contribution < -0.4 is 9.47 Å². The van der Waals surface area contributed by atoms with Crippen molar-refractivity contribution in [2.24, 2.45) is 0 Å². The number of thiazole rings is 1. The van der Waals surface area contributed by atoms with E-state index in [0.29, 0.717) is 5.92 Å². The number of hydrogen-bond acceptors (Lipinski definition) is 5. The van der Waals surface area contributed by atoms with Crippen LogP contribution in [-0.2, 0) is 0 Å². The van der Waals surface area contributed by atoms with Gasteiger partial charge >= 0.3 is 0 Å². The smallest absolute Gasteiger partial charge is 0.253 e. The Kier molecular flexibility index (Phi) is 4.28. The van der Waals surface area contributed by atoms with Crippen molar-refractivity contribution >= 4 is 17.2 Å². The Balaban J connectivity index is 1.33. The zero-order valence-electron chi connectivity index (χ0n) is 15.6. The van der Waals surface area contributed by atoms with Gasteiger partial charge in [0, 0.05) is 41.2 Å². The van der Waals surface area contributed by atoms with Gasteiger partial charge in [0.05, 0.1) is 0 Å². The lowest BCUT2D eigenvalue weighted by Crippen LogP contribution is -2.28. The number of likely N-dealkylation sites (tertiary alicyclic amines) is 1. The van der Waals surface area contributed by atoms with Crippen LogP contribution in [0.1, 0.15) is 34.0 Å². The fourth-order valence-corrected chi connectivity index (χ4v) is 4.63. The Morgan fingerprint density at radius 2 is 2.07 bits per heavy atom. The summed E-state index contributed by atoms with van der Waals surface area (Å²) in [7, 11) is 0. The lowest BCUT2D eigenvalue weighted by molar-refractivity contribution is 0.0791. The van der Waals surface area contributed by atoms with Gasteiger partial charge < -0.3 is 14.4 Å². The van der Waals surface area contributed by atoms with Gasteiger partial charge in [0.25, 0.3) is 5.91 Å². The molecule has 1 aromatic heterocycles. The van der Waals surface area contributed by atoms with Gasteiger partial charge in [0.15, 0.2) is 11.5 Å². The van der Waals surface area contributed by atoms with E-state index >= 15 is 0 Å². The van der Waals surface area contributed by atoms with Crippen molar-refractivity contribution in [3.63, 3.8) is 0 Å². The Morgan fingerprint density at radius 3 is 2.93 bits per heavy atom. The number of ether oxygens (including phenoxy) is 2.